The molecule has 7 heteroatoms. The third-order valence-electron chi connectivity index (χ3n) is 6.02. The molecule has 166 valence electrons. The molecule has 0 bridgehead atoms. The van der Waals surface area contributed by atoms with Crippen molar-refractivity contribution in [3.05, 3.63) is 63.9 Å². The fourth-order valence-corrected chi connectivity index (χ4v) is 4.87. The Kier molecular flexibility index (Phi) is 6.03. The highest BCUT2D eigenvalue weighted by Gasteiger charge is 2.45. The van der Waals surface area contributed by atoms with Crippen LogP contribution in [-0.2, 0) is 9.59 Å². The summed E-state index contributed by atoms with van der Waals surface area (Å²) in [4.78, 5) is 35.9. The van der Waals surface area contributed by atoms with E-state index >= 15 is 0 Å². The highest BCUT2D eigenvalue weighted by molar-refractivity contribution is 9.10. The molecule has 4 rings (SSSR count). The van der Waals surface area contributed by atoms with E-state index in [4.69, 9.17) is 9.73 Å². The summed E-state index contributed by atoms with van der Waals surface area (Å²) < 4.78 is 6.25. The first-order valence-electron chi connectivity index (χ1n) is 10.6. The van der Waals surface area contributed by atoms with Crippen LogP contribution >= 0.6 is 15.9 Å². The number of hydrogen-bond acceptors (Lipinski definition) is 5. The van der Waals surface area contributed by atoms with E-state index in [-0.39, 0.29) is 17.1 Å². The number of aliphatic imine (C=N–C) groups is 1. The van der Waals surface area contributed by atoms with Gasteiger partial charge in [0, 0.05) is 40.0 Å². The summed E-state index contributed by atoms with van der Waals surface area (Å²) in [6.07, 6.45) is 2.77. The van der Waals surface area contributed by atoms with Gasteiger partial charge in [0.05, 0.1) is 13.0 Å². The molecular weight excluding hydrogens is 470 g/mol. The van der Waals surface area contributed by atoms with Crippen molar-refractivity contribution in [1.82, 2.24) is 4.98 Å². The lowest BCUT2D eigenvalue weighted by Crippen LogP contribution is -2.41. The first kappa shape index (κ1) is 22.4. The van der Waals surface area contributed by atoms with E-state index in [1.165, 1.54) is 0 Å². The number of anilines is 1. The Labute approximate surface area is 196 Å². The zero-order valence-electron chi connectivity index (χ0n) is 18.6. The van der Waals surface area contributed by atoms with Crippen LogP contribution in [0.2, 0.25) is 0 Å². The molecule has 2 atom stereocenters. The Morgan fingerprint density at radius 3 is 2.69 bits per heavy atom. The zero-order valence-corrected chi connectivity index (χ0v) is 20.2. The highest BCUT2D eigenvalue weighted by Crippen LogP contribution is 2.48. The molecule has 0 spiro atoms. The van der Waals surface area contributed by atoms with Gasteiger partial charge in [0.25, 0.3) is 0 Å². The van der Waals surface area contributed by atoms with Gasteiger partial charge in [-0.2, -0.15) is 0 Å². The Bertz CT molecular complexity index is 1140. The average molecular weight is 496 g/mol. The summed E-state index contributed by atoms with van der Waals surface area (Å²) in [7, 11) is 1.61. The largest absolute Gasteiger partial charge is 0.497 e. The molecule has 6 nitrogen and oxygen atoms in total. The van der Waals surface area contributed by atoms with Crippen LogP contribution in [0.15, 0.2) is 63.3 Å². The Hall–Kier alpha value is -2.80. The fourth-order valence-electron chi connectivity index (χ4n) is 4.63. The number of nitrogens with zero attached hydrogens (tertiary/aromatic N) is 2. The second-order valence-corrected chi connectivity index (χ2v) is 10.1. The molecule has 1 aliphatic heterocycles. The van der Waals surface area contributed by atoms with Crippen LogP contribution in [0.3, 0.4) is 0 Å². The van der Waals surface area contributed by atoms with Crippen molar-refractivity contribution < 1.29 is 14.3 Å². The van der Waals surface area contributed by atoms with E-state index in [1.54, 1.807) is 19.4 Å². The van der Waals surface area contributed by atoms with Crippen LogP contribution in [0, 0.1) is 11.3 Å². The van der Waals surface area contributed by atoms with Crippen molar-refractivity contribution in [3.8, 4) is 5.75 Å². The standard InChI is InChI=1S/C25H26BrN3O3/c1-14-21(24(31)29-20-9-8-16(26)13-27-20)22(15-6-5-7-17(10-15)32-4)23-18(28-14)11-25(2,3)12-19(23)30/h5-10,13,21-22H,11-12H2,1-4H3,(H,27,29,31)/t21?,22-/m0/s1. The maximum Gasteiger partial charge on any atom is 0.235 e. The number of methoxy groups -OCH3 is 1. The number of ketones is 1. The molecule has 0 saturated carbocycles. The number of pyridine rings is 1. The van der Waals surface area contributed by atoms with Crippen molar-refractivity contribution in [2.45, 2.75) is 39.5 Å². The van der Waals surface area contributed by atoms with Gasteiger partial charge in [-0.05, 0) is 64.5 Å². The van der Waals surface area contributed by atoms with E-state index in [2.05, 4.69) is 40.1 Å². The van der Waals surface area contributed by atoms with Crippen molar-refractivity contribution in [2.24, 2.45) is 16.3 Å². The second kappa shape index (κ2) is 8.62. The number of carbonyl (C=O) groups excluding carboxylic acids is 2. The number of hydrogen-bond donors (Lipinski definition) is 1. The molecule has 0 fully saturated rings. The van der Waals surface area contributed by atoms with E-state index in [0.717, 1.165) is 15.7 Å². The van der Waals surface area contributed by atoms with E-state index < -0.39 is 11.8 Å². The summed E-state index contributed by atoms with van der Waals surface area (Å²) >= 11 is 3.36. The average Bonchev–Trinajstić information content (AvgIpc) is 2.73. The van der Waals surface area contributed by atoms with Crippen molar-refractivity contribution >= 4 is 39.1 Å². The van der Waals surface area contributed by atoms with Gasteiger partial charge in [0.1, 0.15) is 11.6 Å². The Balaban J connectivity index is 1.80. The number of rotatable bonds is 4. The fraction of sp³-hybridized carbons (Fsp3) is 0.360. The number of ether oxygens (including phenoxy) is 1. The summed E-state index contributed by atoms with van der Waals surface area (Å²) in [5.41, 5.74) is 2.84. The smallest absolute Gasteiger partial charge is 0.235 e. The minimum Gasteiger partial charge on any atom is -0.497 e. The molecule has 1 aromatic carbocycles. The number of carbonyl (C=O) groups is 2. The number of Topliss-reactive ketones (excluding diaryl/α,β-unsaturated/α-hetero) is 1. The van der Waals surface area contributed by atoms with Gasteiger partial charge < -0.3 is 10.1 Å². The maximum absolute atomic E-state index is 13.5. The van der Waals surface area contributed by atoms with E-state index in [9.17, 15) is 9.59 Å². The summed E-state index contributed by atoms with van der Waals surface area (Å²) in [6.45, 7) is 6.03. The van der Waals surface area contributed by atoms with Crippen LogP contribution < -0.4 is 10.1 Å². The van der Waals surface area contributed by atoms with Gasteiger partial charge >= 0.3 is 0 Å². The highest BCUT2D eigenvalue weighted by atomic mass is 79.9. The minimum absolute atomic E-state index is 0.0555. The van der Waals surface area contributed by atoms with Crippen LogP contribution in [-0.4, -0.2) is 29.5 Å². The zero-order chi connectivity index (χ0) is 23.0. The lowest BCUT2D eigenvalue weighted by atomic mass is 9.66. The molecule has 0 radical (unpaired) electrons. The van der Waals surface area contributed by atoms with Gasteiger partial charge in [-0.25, -0.2) is 4.98 Å². The number of amides is 1. The van der Waals surface area contributed by atoms with Gasteiger partial charge in [0.15, 0.2) is 5.78 Å². The van der Waals surface area contributed by atoms with Crippen molar-refractivity contribution in [1.29, 1.82) is 0 Å². The molecule has 2 aliphatic rings. The van der Waals surface area contributed by atoms with E-state index in [1.807, 2.05) is 37.3 Å². The second-order valence-electron chi connectivity index (χ2n) is 9.14. The van der Waals surface area contributed by atoms with Crippen LogP contribution in [0.1, 0.15) is 45.1 Å². The SMILES string of the molecule is COc1cccc([C@@H]2C3=C(CC(C)(C)CC3=O)N=C(C)C2C(=O)Nc2ccc(Br)cn2)c1. The van der Waals surface area contributed by atoms with Gasteiger partial charge in [-0.15, -0.1) is 0 Å². The lowest BCUT2D eigenvalue weighted by Gasteiger charge is -2.39. The Morgan fingerprint density at radius 2 is 2.00 bits per heavy atom. The molecule has 1 unspecified atom stereocenters. The first-order valence-corrected chi connectivity index (χ1v) is 11.4. The molecule has 1 N–H and O–H groups in total. The molecule has 1 aliphatic carbocycles. The number of benzene rings is 1. The quantitative estimate of drug-likeness (QED) is 0.622. The normalized spacial score (nSPS) is 22.2. The van der Waals surface area contributed by atoms with Gasteiger partial charge in [-0.3, -0.25) is 14.6 Å². The predicted octanol–water partition coefficient (Wildman–Crippen LogP) is 5.31. The number of aromatic nitrogens is 1. The summed E-state index contributed by atoms with van der Waals surface area (Å²) in [6, 6.07) is 11.1. The molecule has 1 aromatic heterocycles. The van der Waals surface area contributed by atoms with Crippen LogP contribution in [0.4, 0.5) is 5.82 Å². The number of allylic oxidation sites excluding steroid dienone is 2. The van der Waals surface area contributed by atoms with Crippen molar-refractivity contribution in [2.75, 3.05) is 12.4 Å². The maximum atomic E-state index is 13.5. The Morgan fingerprint density at radius 1 is 1.22 bits per heavy atom. The summed E-state index contributed by atoms with van der Waals surface area (Å²) in [5, 5.41) is 2.91. The van der Waals surface area contributed by atoms with Crippen LogP contribution in [0.25, 0.3) is 0 Å². The topological polar surface area (TPSA) is 80.6 Å². The van der Waals surface area contributed by atoms with Crippen molar-refractivity contribution in [3.63, 3.8) is 0 Å². The number of nitrogens with one attached hydrogen (secondary N) is 1. The third kappa shape index (κ3) is 4.39. The first-order chi connectivity index (χ1) is 15.2. The molecule has 0 saturated heterocycles. The monoisotopic (exact) mass is 495 g/mol. The predicted molar refractivity (Wildman–Crippen MR) is 128 cm³/mol. The van der Waals surface area contributed by atoms with E-state index in [0.29, 0.717) is 35.7 Å². The van der Waals surface area contributed by atoms with Gasteiger partial charge in [-0.1, -0.05) is 26.0 Å². The number of halogens is 1. The third-order valence-corrected chi connectivity index (χ3v) is 6.49. The molecule has 32 heavy (non-hydrogen) atoms. The minimum atomic E-state index is -0.628. The molecular formula is C25H26BrN3O3. The van der Waals surface area contributed by atoms with Gasteiger partial charge in [0.2, 0.25) is 5.91 Å². The summed E-state index contributed by atoms with van der Waals surface area (Å²) in [5.74, 6) is -0.112. The lowest BCUT2D eigenvalue weighted by molar-refractivity contribution is -0.119. The van der Waals surface area contributed by atoms with Crippen LogP contribution in [0.5, 0.6) is 5.75 Å². The molecule has 2 heterocycles. The molecule has 1 amide bonds. The molecule has 2 aromatic rings.